The average molecular weight is 239 g/mol. The highest BCUT2D eigenvalue weighted by Crippen LogP contribution is 2.08. The molecule has 0 saturated carbocycles. The van der Waals surface area contributed by atoms with Crippen LogP contribution in [0.25, 0.3) is 0 Å². The number of hydrogen-bond donors (Lipinski definition) is 1. The third-order valence-corrected chi connectivity index (χ3v) is 2.66. The highest BCUT2D eigenvalue weighted by atomic mass is 16.2. The van der Waals surface area contributed by atoms with Crippen LogP contribution in [-0.4, -0.2) is 61.4 Å². The van der Waals surface area contributed by atoms with Gasteiger partial charge in [0.05, 0.1) is 0 Å². The monoisotopic (exact) mass is 239 g/mol. The van der Waals surface area contributed by atoms with E-state index in [1.165, 1.54) is 4.90 Å². The number of rotatable bonds is 2. The molecule has 1 unspecified atom stereocenters. The molecule has 1 rings (SSSR count). The number of piperazine rings is 1. The fourth-order valence-corrected chi connectivity index (χ4v) is 1.82. The lowest BCUT2D eigenvalue weighted by Crippen LogP contribution is -2.59. The molecule has 0 aromatic rings. The van der Waals surface area contributed by atoms with Gasteiger partial charge in [-0.05, 0) is 13.8 Å². The molecule has 0 radical (unpaired) electrons. The highest BCUT2D eigenvalue weighted by molar-refractivity contribution is 5.93. The maximum absolute atomic E-state index is 12.0. The molecule has 5 heteroatoms. The van der Waals surface area contributed by atoms with Gasteiger partial charge in [0, 0.05) is 39.8 Å². The Morgan fingerprint density at radius 3 is 2.53 bits per heavy atom. The van der Waals surface area contributed by atoms with Crippen LogP contribution in [0.5, 0.6) is 0 Å². The molecule has 0 aliphatic carbocycles. The second-order valence-corrected chi connectivity index (χ2v) is 4.71. The molecule has 0 spiro atoms. The molecule has 0 bridgehead atoms. The second-order valence-electron chi connectivity index (χ2n) is 4.71. The standard InChI is InChI=1S/C12H21N3O2/c1-9(2)7-11(16)15-6-5-13-8-10(15)12(17)14(3)4/h7,10,13H,5-6,8H2,1-4H3. The van der Waals surface area contributed by atoms with E-state index in [2.05, 4.69) is 5.32 Å². The number of hydrogen-bond acceptors (Lipinski definition) is 3. The number of likely N-dealkylation sites (N-methyl/N-ethyl adjacent to an activating group) is 1. The second kappa shape index (κ2) is 5.82. The Bertz CT molecular complexity index is 333. The summed E-state index contributed by atoms with van der Waals surface area (Å²) in [6, 6.07) is -0.387. The van der Waals surface area contributed by atoms with Crippen molar-refractivity contribution in [1.82, 2.24) is 15.1 Å². The Morgan fingerprint density at radius 1 is 1.35 bits per heavy atom. The Labute approximate surface area is 102 Å². The van der Waals surface area contributed by atoms with Gasteiger partial charge in [0.2, 0.25) is 11.8 Å². The van der Waals surface area contributed by atoms with E-state index in [4.69, 9.17) is 0 Å². The summed E-state index contributed by atoms with van der Waals surface area (Å²) in [5.41, 5.74) is 0.949. The Balaban J connectivity index is 2.83. The summed E-state index contributed by atoms with van der Waals surface area (Å²) in [5.74, 6) is -0.112. The van der Waals surface area contributed by atoms with Crippen molar-refractivity contribution >= 4 is 11.8 Å². The zero-order chi connectivity index (χ0) is 13.0. The predicted molar refractivity (Wildman–Crippen MR) is 66.5 cm³/mol. The summed E-state index contributed by atoms with van der Waals surface area (Å²) >= 11 is 0. The normalized spacial score (nSPS) is 19.8. The molecular formula is C12H21N3O2. The number of allylic oxidation sites excluding steroid dienone is 1. The largest absolute Gasteiger partial charge is 0.347 e. The van der Waals surface area contributed by atoms with E-state index in [-0.39, 0.29) is 17.9 Å². The molecule has 0 aromatic heterocycles. The molecular weight excluding hydrogens is 218 g/mol. The number of nitrogens with zero attached hydrogens (tertiary/aromatic N) is 2. The number of amides is 2. The zero-order valence-corrected chi connectivity index (χ0v) is 11.0. The summed E-state index contributed by atoms with van der Waals surface area (Å²) in [6.07, 6.45) is 1.58. The molecule has 1 aliphatic rings. The lowest BCUT2D eigenvalue weighted by molar-refractivity contribution is -0.142. The molecule has 1 N–H and O–H groups in total. The molecule has 2 amide bonds. The maximum Gasteiger partial charge on any atom is 0.247 e. The Kier molecular flexibility index (Phi) is 4.69. The van der Waals surface area contributed by atoms with Gasteiger partial charge in [0.25, 0.3) is 0 Å². The van der Waals surface area contributed by atoms with Gasteiger partial charge in [0.15, 0.2) is 0 Å². The molecule has 96 valence electrons. The van der Waals surface area contributed by atoms with E-state index in [1.54, 1.807) is 25.1 Å². The summed E-state index contributed by atoms with van der Waals surface area (Å²) in [6.45, 7) is 5.59. The van der Waals surface area contributed by atoms with Crippen molar-refractivity contribution in [2.75, 3.05) is 33.7 Å². The van der Waals surface area contributed by atoms with E-state index in [1.807, 2.05) is 13.8 Å². The van der Waals surface area contributed by atoms with Gasteiger partial charge in [-0.25, -0.2) is 0 Å². The predicted octanol–water partition coefficient (Wildman–Crippen LogP) is -0.159. The van der Waals surface area contributed by atoms with Gasteiger partial charge in [-0.3, -0.25) is 9.59 Å². The maximum atomic E-state index is 12.0. The highest BCUT2D eigenvalue weighted by Gasteiger charge is 2.31. The molecule has 1 fully saturated rings. The molecule has 1 aliphatic heterocycles. The van der Waals surface area contributed by atoms with Crippen LogP contribution in [-0.2, 0) is 9.59 Å². The molecule has 0 aromatic carbocycles. The van der Waals surface area contributed by atoms with Crippen LogP contribution >= 0.6 is 0 Å². The van der Waals surface area contributed by atoms with Gasteiger partial charge in [-0.1, -0.05) is 5.57 Å². The van der Waals surface area contributed by atoms with Crippen molar-refractivity contribution in [3.63, 3.8) is 0 Å². The van der Waals surface area contributed by atoms with Gasteiger partial charge >= 0.3 is 0 Å². The van der Waals surface area contributed by atoms with Gasteiger partial charge < -0.3 is 15.1 Å². The summed E-state index contributed by atoms with van der Waals surface area (Å²) in [4.78, 5) is 27.1. The number of nitrogens with one attached hydrogen (secondary N) is 1. The Hall–Kier alpha value is -1.36. The van der Waals surface area contributed by atoms with E-state index < -0.39 is 0 Å². The zero-order valence-electron chi connectivity index (χ0n) is 11.0. The SMILES string of the molecule is CC(C)=CC(=O)N1CCNCC1C(=O)N(C)C. The Morgan fingerprint density at radius 2 is 2.00 bits per heavy atom. The third kappa shape index (κ3) is 3.56. The van der Waals surface area contributed by atoms with Crippen LogP contribution < -0.4 is 5.32 Å². The summed E-state index contributed by atoms with van der Waals surface area (Å²) in [5, 5.41) is 3.15. The lowest BCUT2D eigenvalue weighted by atomic mass is 10.1. The van der Waals surface area contributed by atoms with Gasteiger partial charge in [-0.2, -0.15) is 0 Å². The van der Waals surface area contributed by atoms with E-state index in [0.29, 0.717) is 13.1 Å². The first-order valence-corrected chi connectivity index (χ1v) is 5.81. The third-order valence-electron chi connectivity index (χ3n) is 2.66. The minimum Gasteiger partial charge on any atom is -0.347 e. The van der Waals surface area contributed by atoms with Crippen molar-refractivity contribution in [3.8, 4) is 0 Å². The van der Waals surface area contributed by atoms with Crippen LogP contribution in [0.1, 0.15) is 13.8 Å². The average Bonchev–Trinajstić information content (AvgIpc) is 2.27. The first kappa shape index (κ1) is 13.7. The fraction of sp³-hybridized carbons (Fsp3) is 0.667. The minimum absolute atomic E-state index is 0.0345. The fourth-order valence-electron chi connectivity index (χ4n) is 1.82. The van der Waals surface area contributed by atoms with E-state index in [9.17, 15) is 9.59 Å². The van der Waals surface area contributed by atoms with Crippen LogP contribution in [0.15, 0.2) is 11.6 Å². The minimum atomic E-state index is -0.387. The topological polar surface area (TPSA) is 52.7 Å². The van der Waals surface area contributed by atoms with Crippen molar-refractivity contribution in [3.05, 3.63) is 11.6 Å². The molecule has 17 heavy (non-hydrogen) atoms. The van der Waals surface area contributed by atoms with Crippen molar-refractivity contribution in [2.45, 2.75) is 19.9 Å². The quantitative estimate of drug-likeness (QED) is 0.681. The van der Waals surface area contributed by atoms with E-state index in [0.717, 1.165) is 12.1 Å². The van der Waals surface area contributed by atoms with Crippen LogP contribution in [0.3, 0.4) is 0 Å². The summed E-state index contributed by atoms with van der Waals surface area (Å²) in [7, 11) is 3.42. The molecule has 1 atom stereocenters. The van der Waals surface area contributed by atoms with Gasteiger partial charge in [-0.15, -0.1) is 0 Å². The van der Waals surface area contributed by atoms with Crippen LogP contribution in [0.2, 0.25) is 0 Å². The molecule has 1 heterocycles. The molecule has 5 nitrogen and oxygen atoms in total. The van der Waals surface area contributed by atoms with Crippen LogP contribution in [0.4, 0.5) is 0 Å². The van der Waals surface area contributed by atoms with Gasteiger partial charge in [0.1, 0.15) is 6.04 Å². The smallest absolute Gasteiger partial charge is 0.247 e. The lowest BCUT2D eigenvalue weighted by Gasteiger charge is -2.35. The van der Waals surface area contributed by atoms with Crippen molar-refractivity contribution < 1.29 is 9.59 Å². The molecule has 1 saturated heterocycles. The first-order chi connectivity index (χ1) is 7.93. The number of carbonyl (C=O) groups excluding carboxylic acids is 2. The number of carbonyl (C=O) groups is 2. The van der Waals surface area contributed by atoms with Crippen molar-refractivity contribution in [1.29, 1.82) is 0 Å². The van der Waals surface area contributed by atoms with Crippen molar-refractivity contribution in [2.24, 2.45) is 0 Å². The van der Waals surface area contributed by atoms with Crippen LogP contribution in [0, 0.1) is 0 Å². The van der Waals surface area contributed by atoms with E-state index >= 15 is 0 Å². The summed E-state index contributed by atoms with van der Waals surface area (Å²) < 4.78 is 0. The first-order valence-electron chi connectivity index (χ1n) is 5.81.